The quantitative estimate of drug-likeness (QED) is 0.483. The summed E-state index contributed by atoms with van der Waals surface area (Å²) in [4.78, 5) is 34.4. The Hall–Kier alpha value is -2.93. The smallest absolute Gasteiger partial charge is 0.345 e. The molecule has 1 amide bonds. The van der Waals surface area contributed by atoms with Crippen molar-refractivity contribution in [2.45, 2.75) is 20.8 Å². The number of amides is 1. The van der Waals surface area contributed by atoms with Crippen LogP contribution in [0.5, 0.6) is 0 Å². The minimum Gasteiger partial charge on any atom is -0.452 e. The molecule has 2 rings (SSSR count). The molecule has 0 aromatic heterocycles. The van der Waals surface area contributed by atoms with Gasteiger partial charge >= 0.3 is 5.97 Å². The van der Waals surface area contributed by atoms with E-state index >= 15 is 0 Å². The molecule has 0 fully saturated rings. The predicted octanol–water partition coefficient (Wildman–Crippen LogP) is 3.97. The van der Waals surface area contributed by atoms with Gasteiger partial charge in [-0.15, -0.1) is 0 Å². The van der Waals surface area contributed by atoms with Gasteiger partial charge in [0.15, 0.2) is 6.61 Å². The van der Waals surface area contributed by atoms with Crippen molar-refractivity contribution in [2.24, 2.45) is 0 Å². The molecule has 0 bridgehead atoms. The molecule has 0 radical (unpaired) electrons. The van der Waals surface area contributed by atoms with Crippen molar-refractivity contribution < 1.29 is 19.2 Å². The highest BCUT2D eigenvalue weighted by molar-refractivity contribution is 6.31. The van der Waals surface area contributed by atoms with E-state index < -0.39 is 29.1 Å². The standard InChI is InChI=1S/C18H17ClN2O5/c1-10-6-11(2)17(12(3)7-10)20-16(22)9-26-18(23)14-8-13(19)4-5-15(14)21(24)25/h4-8H,9H2,1-3H3,(H,20,22). The minimum atomic E-state index is -0.994. The van der Waals surface area contributed by atoms with E-state index in [1.165, 1.54) is 6.07 Å². The van der Waals surface area contributed by atoms with Crippen molar-refractivity contribution in [3.05, 3.63) is 67.7 Å². The van der Waals surface area contributed by atoms with E-state index in [0.29, 0.717) is 5.69 Å². The first-order valence-corrected chi connectivity index (χ1v) is 8.05. The lowest BCUT2D eigenvalue weighted by Crippen LogP contribution is -2.22. The first kappa shape index (κ1) is 19.4. The number of rotatable bonds is 5. The van der Waals surface area contributed by atoms with Crippen LogP contribution in [0.2, 0.25) is 5.02 Å². The highest BCUT2D eigenvalue weighted by atomic mass is 35.5. The third-order valence-corrected chi connectivity index (χ3v) is 3.89. The van der Waals surface area contributed by atoms with E-state index in [-0.39, 0.29) is 10.6 Å². The molecule has 0 spiro atoms. The summed E-state index contributed by atoms with van der Waals surface area (Å²) in [6.45, 7) is 5.09. The summed E-state index contributed by atoms with van der Waals surface area (Å²) >= 11 is 5.77. The summed E-state index contributed by atoms with van der Waals surface area (Å²) < 4.78 is 4.90. The maximum atomic E-state index is 12.1. The van der Waals surface area contributed by atoms with Crippen LogP contribution in [0.4, 0.5) is 11.4 Å². The zero-order valence-electron chi connectivity index (χ0n) is 14.5. The van der Waals surface area contributed by atoms with Gasteiger partial charge in [-0.1, -0.05) is 29.3 Å². The van der Waals surface area contributed by atoms with Crippen LogP contribution in [-0.2, 0) is 9.53 Å². The van der Waals surface area contributed by atoms with Crippen molar-refractivity contribution in [1.29, 1.82) is 0 Å². The Morgan fingerprint density at radius 1 is 1.15 bits per heavy atom. The SMILES string of the molecule is Cc1cc(C)c(NC(=O)COC(=O)c2cc(Cl)ccc2[N+](=O)[O-])c(C)c1. The number of aryl methyl sites for hydroxylation is 3. The largest absolute Gasteiger partial charge is 0.452 e. The van der Waals surface area contributed by atoms with Gasteiger partial charge in [0, 0.05) is 16.8 Å². The highest BCUT2D eigenvalue weighted by Crippen LogP contribution is 2.24. The Morgan fingerprint density at radius 3 is 2.35 bits per heavy atom. The number of ether oxygens (including phenoxy) is 1. The van der Waals surface area contributed by atoms with Gasteiger partial charge in [-0.05, 0) is 44.0 Å². The fraction of sp³-hybridized carbons (Fsp3) is 0.222. The highest BCUT2D eigenvalue weighted by Gasteiger charge is 2.22. The second-order valence-corrected chi connectivity index (χ2v) is 6.25. The molecule has 7 nitrogen and oxygen atoms in total. The van der Waals surface area contributed by atoms with E-state index in [9.17, 15) is 19.7 Å². The van der Waals surface area contributed by atoms with Crippen molar-refractivity contribution in [2.75, 3.05) is 11.9 Å². The van der Waals surface area contributed by atoms with Crippen molar-refractivity contribution in [1.82, 2.24) is 0 Å². The maximum absolute atomic E-state index is 12.1. The molecule has 0 saturated carbocycles. The number of carbonyl (C=O) groups is 2. The Balaban J connectivity index is 2.08. The average Bonchev–Trinajstić information content (AvgIpc) is 2.55. The molecule has 0 aliphatic heterocycles. The van der Waals surface area contributed by atoms with Crippen LogP contribution in [0.1, 0.15) is 27.0 Å². The van der Waals surface area contributed by atoms with Gasteiger partial charge in [0.05, 0.1) is 4.92 Å². The minimum absolute atomic E-state index is 0.151. The van der Waals surface area contributed by atoms with Crippen molar-refractivity contribution >= 4 is 34.9 Å². The molecular weight excluding hydrogens is 360 g/mol. The van der Waals surface area contributed by atoms with Crippen LogP contribution < -0.4 is 5.32 Å². The maximum Gasteiger partial charge on any atom is 0.345 e. The summed E-state index contributed by atoms with van der Waals surface area (Å²) in [7, 11) is 0. The molecule has 8 heteroatoms. The number of benzene rings is 2. The molecule has 0 aliphatic rings. The zero-order valence-corrected chi connectivity index (χ0v) is 15.2. The fourth-order valence-corrected chi connectivity index (χ4v) is 2.76. The van der Waals surface area contributed by atoms with Crippen LogP contribution in [-0.4, -0.2) is 23.4 Å². The first-order chi connectivity index (χ1) is 12.2. The van der Waals surface area contributed by atoms with E-state index in [2.05, 4.69) is 5.32 Å². The number of halogens is 1. The van der Waals surface area contributed by atoms with Crippen LogP contribution in [0.15, 0.2) is 30.3 Å². The summed E-state index contributed by atoms with van der Waals surface area (Å²) in [6.07, 6.45) is 0. The Bertz CT molecular complexity index is 872. The molecule has 2 aromatic carbocycles. The predicted molar refractivity (Wildman–Crippen MR) is 97.7 cm³/mol. The molecule has 0 saturated heterocycles. The summed E-state index contributed by atoms with van der Waals surface area (Å²) in [5.41, 5.74) is 2.73. The average molecular weight is 377 g/mol. The number of nitrogens with one attached hydrogen (secondary N) is 1. The number of esters is 1. The molecule has 1 N–H and O–H groups in total. The van der Waals surface area contributed by atoms with Gasteiger partial charge in [-0.2, -0.15) is 0 Å². The number of nitrogens with zero attached hydrogens (tertiary/aromatic N) is 1. The summed E-state index contributed by atoms with van der Waals surface area (Å²) in [5, 5.41) is 13.8. The Morgan fingerprint density at radius 2 is 1.77 bits per heavy atom. The van der Waals surface area contributed by atoms with E-state index in [1.807, 2.05) is 32.9 Å². The molecule has 0 aliphatic carbocycles. The van der Waals surface area contributed by atoms with Crippen LogP contribution in [0, 0.1) is 30.9 Å². The lowest BCUT2D eigenvalue weighted by Gasteiger charge is -2.13. The number of carbonyl (C=O) groups excluding carboxylic acids is 2. The van der Waals surface area contributed by atoms with Gasteiger partial charge < -0.3 is 10.1 Å². The number of nitro groups is 1. The molecule has 2 aromatic rings. The monoisotopic (exact) mass is 376 g/mol. The number of hydrogen-bond acceptors (Lipinski definition) is 5. The lowest BCUT2D eigenvalue weighted by molar-refractivity contribution is -0.385. The van der Waals surface area contributed by atoms with E-state index in [4.69, 9.17) is 16.3 Å². The third kappa shape index (κ3) is 4.58. The molecule has 0 heterocycles. The van der Waals surface area contributed by atoms with E-state index in [0.717, 1.165) is 28.8 Å². The van der Waals surface area contributed by atoms with Gasteiger partial charge in [-0.25, -0.2) is 4.79 Å². The molecular formula is C18H17ClN2O5. The number of hydrogen-bond donors (Lipinski definition) is 1. The Kier molecular flexibility index (Phi) is 5.94. The van der Waals surface area contributed by atoms with E-state index in [1.54, 1.807) is 0 Å². The van der Waals surface area contributed by atoms with Crippen LogP contribution >= 0.6 is 11.6 Å². The number of nitro benzene ring substituents is 1. The summed E-state index contributed by atoms with van der Waals surface area (Å²) in [6, 6.07) is 7.38. The van der Waals surface area contributed by atoms with Crippen LogP contribution in [0.25, 0.3) is 0 Å². The van der Waals surface area contributed by atoms with Crippen molar-refractivity contribution in [3.63, 3.8) is 0 Å². The molecule has 0 atom stereocenters. The second-order valence-electron chi connectivity index (χ2n) is 5.82. The normalized spacial score (nSPS) is 10.3. The second kappa shape index (κ2) is 7.97. The first-order valence-electron chi connectivity index (χ1n) is 7.68. The number of anilines is 1. The van der Waals surface area contributed by atoms with Crippen LogP contribution in [0.3, 0.4) is 0 Å². The third-order valence-electron chi connectivity index (χ3n) is 3.65. The van der Waals surface area contributed by atoms with Gasteiger partial charge in [-0.3, -0.25) is 14.9 Å². The lowest BCUT2D eigenvalue weighted by atomic mass is 10.1. The van der Waals surface area contributed by atoms with Gasteiger partial charge in [0.2, 0.25) is 0 Å². The summed E-state index contributed by atoms with van der Waals surface area (Å²) in [5.74, 6) is -1.54. The topological polar surface area (TPSA) is 98.5 Å². The van der Waals surface area contributed by atoms with Gasteiger partial charge in [0.25, 0.3) is 11.6 Å². The molecule has 26 heavy (non-hydrogen) atoms. The van der Waals surface area contributed by atoms with Crippen molar-refractivity contribution in [3.8, 4) is 0 Å². The van der Waals surface area contributed by atoms with Gasteiger partial charge in [0.1, 0.15) is 5.56 Å². The zero-order chi connectivity index (χ0) is 19.4. The molecule has 136 valence electrons. The fourth-order valence-electron chi connectivity index (χ4n) is 2.59. The molecule has 0 unspecified atom stereocenters. The Labute approximate surface area is 155 Å².